The molecule has 0 fully saturated rings. The van der Waals surface area contributed by atoms with E-state index in [1.807, 2.05) is 7.05 Å². The van der Waals surface area contributed by atoms with Crippen LogP contribution in [0.1, 0.15) is 29.8 Å². The van der Waals surface area contributed by atoms with Gasteiger partial charge in [0.25, 0.3) is 0 Å². The van der Waals surface area contributed by atoms with Gasteiger partial charge < -0.3 is 10.0 Å². The van der Waals surface area contributed by atoms with Gasteiger partial charge in [-0.3, -0.25) is 0 Å². The fourth-order valence-corrected chi connectivity index (χ4v) is 1.83. The van der Waals surface area contributed by atoms with Gasteiger partial charge in [-0.2, -0.15) is 0 Å². The molecule has 0 aliphatic rings. The van der Waals surface area contributed by atoms with Crippen molar-refractivity contribution in [2.24, 2.45) is 5.92 Å². The van der Waals surface area contributed by atoms with E-state index in [1.54, 1.807) is 6.07 Å². The van der Waals surface area contributed by atoms with Crippen LogP contribution in [0.4, 0.5) is 4.39 Å². The van der Waals surface area contributed by atoms with Gasteiger partial charge in [-0.1, -0.05) is 19.9 Å². The summed E-state index contributed by atoms with van der Waals surface area (Å²) in [7, 11) is 1.96. The van der Waals surface area contributed by atoms with Gasteiger partial charge in [0.05, 0.1) is 5.56 Å². The Hall–Kier alpha value is -1.42. The van der Waals surface area contributed by atoms with Gasteiger partial charge >= 0.3 is 5.97 Å². The van der Waals surface area contributed by atoms with Crippen molar-refractivity contribution in [3.8, 4) is 0 Å². The highest BCUT2D eigenvalue weighted by Gasteiger charge is 2.11. The molecule has 1 aromatic carbocycles. The van der Waals surface area contributed by atoms with E-state index in [1.165, 1.54) is 12.1 Å². The first-order chi connectivity index (χ1) is 7.90. The number of benzene rings is 1. The Balaban J connectivity index is 2.79. The first-order valence-corrected chi connectivity index (χ1v) is 5.60. The van der Waals surface area contributed by atoms with E-state index >= 15 is 0 Å². The van der Waals surface area contributed by atoms with Gasteiger partial charge in [-0.05, 0) is 30.7 Å². The lowest BCUT2D eigenvalue weighted by Crippen LogP contribution is -2.22. The average Bonchev–Trinajstić information content (AvgIpc) is 2.19. The number of nitrogens with zero attached hydrogens (tertiary/aromatic N) is 1. The number of aromatic carboxylic acids is 1. The maximum Gasteiger partial charge on any atom is 0.338 e. The smallest absolute Gasteiger partial charge is 0.338 e. The van der Waals surface area contributed by atoms with Crippen LogP contribution in [0.5, 0.6) is 0 Å². The third-order valence-electron chi connectivity index (χ3n) is 2.39. The second-order valence-electron chi connectivity index (χ2n) is 4.71. The molecule has 0 heterocycles. The zero-order valence-corrected chi connectivity index (χ0v) is 10.4. The topological polar surface area (TPSA) is 40.5 Å². The Kier molecular flexibility index (Phi) is 4.63. The van der Waals surface area contributed by atoms with Crippen molar-refractivity contribution in [2.75, 3.05) is 13.6 Å². The molecule has 3 nitrogen and oxygen atoms in total. The lowest BCUT2D eigenvalue weighted by Gasteiger charge is -2.19. The lowest BCUT2D eigenvalue weighted by molar-refractivity contribution is 0.0691. The fraction of sp³-hybridized carbons (Fsp3) is 0.462. The Morgan fingerprint density at radius 1 is 1.47 bits per heavy atom. The van der Waals surface area contributed by atoms with Crippen LogP contribution in [0.3, 0.4) is 0 Å². The molecular formula is C13H18FNO2. The molecule has 0 bridgehead atoms. The quantitative estimate of drug-likeness (QED) is 0.858. The minimum Gasteiger partial charge on any atom is -0.478 e. The summed E-state index contributed by atoms with van der Waals surface area (Å²) in [5.41, 5.74) is 0.549. The molecule has 0 aliphatic carbocycles. The van der Waals surface area contributed by atoms with Crippen molar-refractivity contribution in [1.82, 2.24) is 4.90 Å². The first-order valence-electron chi connectivity index (χ1n) is 5.60. The molecule has 1 N–H and O–H groups in total. The molecular weight excluding hydrogens is 221 g/mol. The minimum absolute atomic E-state index is 0.263. The van der Waals surface area contributed by atoms with Gasteiger partial charge in [0.15, 0.2) is 0 Å². The highest BCUT2D eigenvalue weighted by Crippen LogP contribution is 2.12. The van der Waals surface area contributed by atoms with E-state index < -0.39 is 11.8 Å². The third-order valence-corrected chi connectivity index (χ3v) is 2.39. The summed E-state index contributed by atoms with van der Waals surface area (Å²) in [5, 5.41) is 8.82. The molecule has 0 atom stereocenters. The fourth-order valence-electron chi connectivity index (χ4n) is 1.83. The van der Waals surface area contributed by atoms with Crippen LogP contribution in [0.25, 0.3) is 0 Å². The van der Waals surface area contributed by atoms with E-state index in [0.717, 1.165) is 12.1 Å². The predicted molar refractivity (Wildman–Crippen MR) is 64.5 cm³/mol. The van der Waals surface area contributed by atoms with Crippen molar-refractivity contribution in [3.63, 3.8) is 0 Å². The van der Waals surface area contributed by atoms with E-state index in [-0.39, 0.29) is 5.56 Å². The van der Waals surface area contributed by atoms with Gasteiger partial charge in [0.2, 0.25) is 0 Å². The molecule has 1 aromatic rings. The molecule has 0 unspecified atom stereocenters. The maximum absolute atomic E-state index is 13.2. The molecule has 1 rings (SSSR count). The summed E-state index contributed by atoms with van der Waals surface area (Å²) in [6.45, 7) is 5.77. The number of halogens is 1. The van der Waals surface area contributed by atoms with Crippen molar-refractivity contribution in [1.29, 1.82) is 0 Å². The molecule has 17 heavy (non-hydrogen) atoms. The Bertz CT molecular complexity index is 404. The number of carboxylic acid groups (broad SMARTS) is 1. The maximum atomic E-state index is 13.2. The number of carbonyl (C=O) groups is 1. The molecule has 0 radical (unpaired) electrons. The van der Waals surface area contributed by atoms with Gasteiger partial charge in [-0.15, -0.1) is 0 Å². The third kappa shape index (κ3) is 4.15. The number of carboxylic acids is 1. The minimum atomic E-state index is -1.23. The first kappa shape index (κ1) is 13.6. The number of rotatable bonds is 5. The summed E-state index contributed by atoms with van der Waals surface area (Å²) in [6, 6.07) is 4.23. The van der Waals surface area contributed by atoms with Crippen LogP contribution in [0.2, 0.25) is 0 Å². The van der Waals surface area contributed by atoms with Gasteiger partial charge in [-0.25, -0.2) is 9.18 Å². The standard InChI is InChI=1S/C13H18FNO2/c1-9(2)7-15(3)8-10-4-5-12(14)11(6-10)13(16)17/h4-6,9H,7-8H2,1-3H3,(H,16,17). The molecule has 0 amide bonds. The largest absolute Gasteiger partial charge is 0.478 e. The summed E-state index contributed by atoms with van der Waals surface area (Å²) >= 11 is 0. The molecule has 0 aromatic heterocycles. The van der Waals surface area contributed by atoms with E-state index in [2.05, 4.69) is 18.7 Å². The van der Waals surface area contributed by atoms with E-state index in [0.29, 0.717) is 12.5 Å². The zero-order chi connectivity index (χ0) is 13.0. The highest BCUT2D eigenvalue weighted by atomic mass is 19.1. The monoisotopic (exact) mass is 239 g/mol. The predicted octanol–water partition coefficient (Wildman–Crippen LogP) is 2.61. The number of hydrogen-bond donors (Lipinski definition) is 1. The van der Waals surface area contributed by atoms with Crippen LogP contribution >= 0.6 is 0 Å². The van der Waals surface area contributed by atoms with Gasteiger partial charge in [0.1, 0.15) is 5.82 Å². The zero-order valence-electron chi connectivity index (χ0n) is 10.4. The van der Waals surface area contributed by atoms with E-state index in [9.17, 15) is 9.18 Å². The van der Waals surface area contributed by atoms with Crippen LogP contribution in [-0.4, -0.2) is 29.6 Å². The lowest BCUT2D eigenvalue weighted by atomic mass is 10.1. The van der Waals surface area contributed by atoms with Crippen molar-refractivity contribution >= 4 is 5.97 Å². The molecule has 0 aliphatic heterocycles. The van der Waals surface area contributed by atoms with Crippen LogP contribution in [0.15, 0.2) is 18.2 Å². The van der Waals surface area contributed by atoms with Crippen LogP contribution in [0, 0.1) is 11.7 Å². The van der Waals surface area contributed by atoms with Crippen molar-refractivity contribution in [3.05, 3.63) is 35.1 Å². The average molecular weight is 239 g/mol. The molecule has 94 valence electrons. The summed E-state index contributed by atoms with van der Waals surface area (Å²) in [5.74, 6) is -1.37. The molecule has 0 spiro atoms. The molecule has 0 saturated carbocycles. The van der Waals surface area contributed by atoms with Crippen LogP contribution < -0.4 is 0 Å². The number of hydrogen-bond acceptors (Lipinski definition) is 2. The van der Waals surface area contributed by atoms with Crippen molar-refractivity contribution in [2.45, 2.75) is 20.4 Å². The second-order valence-corrected chi connectivity index (χ2v) is 4.71. The Morgan fingerprint density at radius 2 is 2.12 bits per heavy atom. The normalized spacial score (nSPS) is 11.2. The summed E-state index contributed by atoms with van der Waals surface area (Å²) in [4.78, 5) is 12.9. The van der Waals surface area contributed by atoms with Crippen molar-refractivity contribution < 1.29 is 14.3 Å². The van der Waals surface area contributed by atoms with Crippen LogP contribution in [-0.2, 0) is 6.54 Å². The Labute approximate surface area is 101 Å². The highest BCUT2D eigenvalue weighted by molar-refractivity contribution is 5.88. The summed E-state index contributed by atoms with van der Waals surface area (Å²) in [6.07, 6.45) is 0. The van der Waals surface area contributed by atoms with E-state index in [4.69, 9.17) is 5.11 Å². The molecule has 0 saturated heterocycles. The second kappa shape index (κ2) is 5.77. The summed E-state index contributed by atoms with van der Waals surface area (Å²) < 4.78 is 13.2. The van der Waals surface area contributed by atoms with Gasteiger partial charge in [0, 0.05) is 13.1 Å². The SMILES string of the molecule is CC(C)CN(C)Cc1ccc(F)c(C(=O)O)c1. The Morgan fingerprint density at radius 3 is 2.65 bits per heavy atom. The molecule has 4 heteroatoms.